The molecule has 1 amide bonds. The van der Waals surface area contributed by atoms with Gasteiger partial charge in [0.05, 0.1) is 0 Å². The van der Waals surface area contributed by atoms with Gasteiger partial charge in [0.25, 0.3) is 5.91 Å². The first-order chi connectivity index (χ1) is 9.66. The molecule has 0 saturated heterocycles. The first kappa shape index (κ1) is 13.8. The second-order valence-corrected chi connectivity index (χ2v) is 3.92. The molecule has 0 saturated carbocycles. The van der Waals surface area contributed by atoms with Crippen molar-refractivity contribution in [3.05, 3.63) is 36.5 Å². The minimum atomic E-state index is -1.07. The van der Waals surface area contributed by atoms with Crippen molar-refractivity contribution in [2.75, 3.05) is 13.2 Å². The summed E-state index contributed by atoms with van der Waals surface area (Å²) in [6.07, 6.45) is 1.64. The Morgan fingerprint density at radius 3 is 2.85 bits per heavy atom. The molecule has 3 N–H and O–H groups in total. The van der Waals surface area contributed by atoms with Crippen LogP contribution in [-0.4, -0.2) is 35.1 Å². The highest BCUT2D eigenvalue weighted by Crippen LogP contribution is 2.22. The van der Waals surface area contributed by atoms with Gasteiger partial charge in [-0.05, 0) is 12.1 Å². The minimum Gasteiger partial charge on any atom is -0.481 e. The number of hydrogen-bond donors (Lipinski definition) is 3. The Hall–Kier alpha value is -2.67. The quantitative estimate of drug-likeness (QED) is 0.656. The van der Waals surface area contributed by atoms with Crippen LogP contribution in [-0.2, 0) is 9.59 Å². The average molecular weight is 275 g/mol. The number of carbonyl (C=O) groups excluding carboxylic acids is 1. The summed E-state index contributed by atoms with van der Waals surface area (Å²) in [6, 6.07) is 9.12. The number of aromatic nitrogens is 1. The Bertz CT molecular complexity index is 625. The fourth-order valence-corrected chi connectivity index (χ4v) is 1.59. The molecule has 0 aliphatic carbocycles. The lowest BCUT2D eigenvalue weighted by Gasteiger charge is -2.09. The lowest BCUT2D eigenvalue weighted by atomic mass is 10.2. The number of aliphatic carboxylic acids is 1. The van der Waals surface area contributed by atoms with E-state index in [0.29, 0.717) is 11.3 Å². The van der Waals surface area contributed by atoms with E-state index in [1.54, 1.807) is 18.3 Å². The van der Waals surface area contributed by atoms with Crippen molar-refractivity contribution in [1.82, 2.24) is 15.8 Å². The number of hydrazine groups is 1. The van der Waals surface area contributed by atoms with E-state index in [0.717, 1.165) is 5.39 Å². The number of benzene rings is 1. The largest absolute Gasteiger partial charge is 0.481 e. The molecule has 0 bridgehead atoms. The number of ether oxygens (including phenoxy) is 1. The van der Waals surface area contributed by atoms with Crippen molar-refractivity contribution in [1.29, 1.82) is 0 Å². The molecule has 20 heavy (non-hydrogen) atoms. The van der Waals surface area contributed by atoms with Gasteiger partial charge in [0.1, 0.15) is 17.8 Å². The van der Waals surface area contributed by atoms with Gasteiger partial charge >= 0.3 is 5.97 Å². The van der Waals surface area contributed by atoms with Gasteiger partial charge < -0.3 is 9.84 Å². The van der Waals surface area contributed by atoms with Crippen molar-refractivity contribution in [2.45, 2.75) is 0 Å². The van der Waals surface area contributed by atoms with Crippen LogP contribution in [0.1, 0.15) is 0 Å². The molecule has 104 valence electrons. The molecular weight excluding hydrogens is 262 g/mol. The predicted molar refractivity (Wildman–Crippen MR) is 71.0 cm³/mol. The number of amides is 1. The molecular formula is C13H13N3O4. The van der Waals surface area contributed by atoms with Crippen molar-refractivity contribution in [3.63, 3.8) is 0 Å². The maximum absolute atomic E-state index is 11.4. The summed E-state index contributed by atoms with van der Waals surface area (Å²) in [5.41, 5.74) is 5.15. The Morgan fingerprint density at radius 2 is 2.05 bits per heavy atom. The molecule has 0 aliphatic rings. The van der Waals surface area contributed by atoms with Gasteiger partial charge in [0.15, 0.2) is 6.61 Å². The zero-order valence-corrected chi connectivity index (χ0v) is 10.5. The van der Waals surface area contributed by atoms with Crippen LogP contribution in [0.3, 0.4) is 0 Å². The van der Waals surface area contributed by atoms with E-state index in [1.165, 1.54) is 0 Å². The lowest BCUT2D eigenvalue weighted by Crippen LogP contribution is -2.42. The first-order valence-electron chi connectivity index (χ1n) is 5.87. The highest BCUT2D eigenvalue weighted by Gasteiger charge is 2.06. The summed E-state index contributed by atoms with van der Waals surface area (Å²) >= 11 is 0. The number of carboxylic acids is 1. The van der Waals surface area contributed by atoms with Crippen LogP contribution < -0.4 is 15.6 Å². The average Bonchev–Trinajstić information content (AvgIpc) is 2.44. The minimum absolute atomic E-state index is 0.234. The van der Waals surface area contributed by atoms with Gasteiger partial charge in [-0.25, -0.2) is 5.43 Å². The van der Waals surface area contributed by atoms with Crippen LogP contribution >= 0.6 is 0 Å². The molecule has 0 unspecified atom stereocenters. The lowest BCUT2D eigenvalue weighted by molar-refractivity contribution is -0.136. The second-order valence-electron chi connectivity index (χ2n) is 3.92. The predicted octanol–water partition coefficient (Wildman–Crippen LogP) is 0.319. The maximum atomic E-state index is 11.4. The Balaban J connectivity index is 1.92. The summed E-state index contributed by atoms with van der Waals surface area (Å²) in [5.74, 6) is -1.04. The van der Waals surface area contributed by atoms with Gasteiger partial charge in [-0.2, -0.15) is 0 Å². The number of para-hydroxylation sites is 1. The van der Waals surface area contributed by atoms with Crippen molar-refractivity contribution in [2.24, 2.45) is 0 Å². The van der Waals surface area contributed by atoms with Crippen LogP contribution in [0.15, 0.2) is 36.5 Å². The zero-order valence-electron chi connectivity index (χ0n) is 10.5. The van der Waals surface area contributed by atoms with Gasteiger partial charge in [-0.1, -0.05) is 18.2 Å². The van der Waals surface area contributed by atoms with E-state index in [-0.39, 0.29) is 13.2 Å². The van der Waals surface area contributed by atoms with Crippen LogP contribution in [0.25, 0.3) is 10.9 Å². The topological polar surface area (TPSA) is 101 Å². The molecule has 0 atom stereocenters. The molecule has 2 aromatic rings. The molecule has 0 radical (unpaired) electrons. The third-order valence-electron chi connectivity index (χ3n) is 2.42. The smallest absolute Gasteiger partial charge is 0.319 e. The Morgan fingerprint density at radius 1 is 1.25 bits per heavy atom. The number of pyridine rings is 1. The van der Waals surface area contributed by atoms with Crippen LogP contribution in [0.4, 0.5) is 0 Å². The molecule has 1 aromatic carbocycles. The van der Waals surface area contributed by atoms with Crippen molar-refractivity contribution < 1.29 is 19.4 Å². The van der Waals surface area contributed by atoms with Crippen molar-refractivity contribution in [3.8, 4) is 5.75 Å². The molecule has 1 aromatic heterocycles. The van der Waals surface area contributed by atoms with Gasteiger partial charge in [-0.3, -0.25) is 20.0 Å². The highest BCUT2D eigenvalue weighted by molar-refractivity contribution is 5.85. The van der Waals surface area contributed by atoms with E-state index in [1.807, 2.05) is 18.2 Å². The summed E-state index contributed by atoms with van der Waals surface area (Å²) in [6.45, 7) is -0.593. The molecule has 2 rings (SSSR count). The number of rotatable bonds is 6. The molecule has 0 aliphatic heterocycles. The first-order valence-corrected chi connectivity index (χ1v) is 5.87. The summed E-state index contributed by atoms with van der Waals surface area (Å²) in [7, 11) is 0. The number of nitrogens with one attached hydrogen (secondary N) is 2. The van der Waals surface area contributed by atoms with Crippen LogP contribution in [0.5, 0.6) is 5.75 Å². The molecule has 0 spiro atoms. The molecule has 0 fully saturated rings. The zero-order chi connectivity index (χ0) is 14.4. The fraction of sp³-hybridized carbons (Fsp3) is 0.154. The summed E-state index contributed by atoms with van der Waals surface area (Å²) in [5, 5.41) is 9.31. The monoisotopic (exact) mass is 275 g/mol. The van der Waals surface area contributed by atoms with Gasteiger partial charge in [-0.15, -0.1) is 0 Å². The maximum Gasteiger partial charge on any atom is 0.319 e. The standard InChI is InChI=1S/C13H13N3O4/c17-11(16-15-7-12(18)19)8-20-10-5-1-3-9-4-2-6-14-13(9)10/h1-6,15H,7-8H2,(H,16,17)(H,18,19). The van der Waals surface area contributed by atoms with Crippen LogP contribution in [0, 0.1) is 0 Å². The van der Waals surface area contributed by atoms with E-state index in [9.17, 15) is 9.59 Å². The normalized spacial score (nSPS) is 10.2. The van der Waals surface area contributed by atoms with Gasteiger partial charge in [0, 0.05) is 11.6 Å². The van der Waals surface area contributed by atoms with E-state index < -0.39 is 11.9 Å². The molecule has 7 heteroatoms. The molecule has 7 nitrogen and oxygen atoms in total. The number of hydrogen-bond acceptors (Lipinski definition) is 5. The second kappa shape index (κ2) is 6.48. The third kappa shape index (κ3) is 3.66. The van der Waals surface area contributed by atoms with E-state index >= 15 is 0 Å². The number of carboxylic acid groups (broad SMARTS) is 1. The number of nitrogens with zero attached hydrogens (tertiary/aromatic N) is 1. The summed E-state index contributed by atoms with van der Waals surface area (Å²) in [4.78, 5) is 25.9. The Kier molecular flexibility index (Phi) is 4.46. The van der Waals surface area contributed by atoms with Crippen LogP contribution in [0.2, 0.25) is 0 Å². The van der Waals surface area contributed by atoms with Crippen molar-refractivity contribution >= 4 is 22.8 Å². The summed E-state index contributed by atoms with van der Waals surface area (Å²) < 4.78 is 5.38. The fourth-order valence-electron chi connectivity index (χ4n) is 1.59. The van der Waals surface area contributed by atoms with E-state index in [2.05, 4.69) is 15.8 Å². The number of carbonyl (C=O) groups is 2. The SMILES string of the molecule is O=C(O)CNNC(=O)COc1cccc2cccnc12. The number of fused-ring (bicyclic) bond motifs is 1. The van der Waals surface area contributed by atoms with Gasteiger partial charge in [0.2, 0.25) is 0 Å². The molecule has 1 heterocycles. The Labute approximate surface area is 114 Å². The van der Waals surface area contributed by atoms with E-state index in [4.69, 9.17) is 9.84 Å². The highest BCUT2D eigenvalue weighted by atomic mass is 16.5. The third-order valence-corrected chi connectivity index (χ3v) is 2.42.